The summed E-state index contributed by atoms with van der Waals surface area (Å²) in [6, 6.07) is 0. The van der Waals surface area contributed by atoms with Gasteiger partial charge in [-0.1, -0.05) is 0 Å². The van der Waals surface area contributed by atoms with Crippen LogP contribution in [0.15, 0.2) is 0 Å². The van der Waals surface area contributed by atoms with Gasteiger partial charge in [-0.05, 0) is 0 Å². The second-order valence-electron chi connectivity index (χ2n) is 2.54. The third-order valence-electron chi connectivity index (χ3n) is 1.52. The lowest BCUT2D eigenvalue weighted by molar-refractivity contribution is -0.146. The first-order valence-electron chi connectivity index (χ1n) is 4.00. The summed E-state index contributed by atoms with van der Waals surface area (Å²) in [6.45, 7) is -0.826. The van der Waals surface area contributed by atoms with Gasteiger partial charge in [0.15, 0.2) is 7.52 Å². The molecule has 0 saturated heterocycles. The third kappa shape index (κ3) is 3.25. The number of carbonyl (C=O) groups is 1. The van der Waals surface area contributed by atoms with E-state index in [9.17, 15) is 4.79 Å². The minimum Gasteiger partial charge on any atom is -0.394 e. The molecule has 0 heterocycles. The fourth-order valence-corrected chi connectivity index (χ4v) is 0.677. The molecular formula is C6H13NO6. The number of carbonyl (C=O) groups excluding carboxylic acids is 1. The molecule has 0 aliphatic rings. The van der Waals surface area contributed by atoms with Gasteiger partial charge in [0.05, 0.1) is 6.61 Å². The molecule has 0 radical (unpaired) electrons. The SMILES string of the molecule is [2H]NC(=O)[C@H](O)[C@@H](O)[C@@H](O)[C@H](O)CO. The van der Waals surface area contributed by atoms with E-state index in [-0.39, 0.29) is 0 Å². The average Bonchev–Trinajstić information content (AvgIpc) is 2.23. The van der Waals surface area contributed by atoms with Gasteiger partial charge >= 0.3 is 0 Å². The standard InChI is InChI=1S/C6H13NO6/c7-6(13)5(12)4(11)3(10)2(9)1-8/h2-5,8-12H,1H2,(H2,7,13)/t2-,3+,4+,5-/m1/s1/i/hD. The van der Waals surface area contributed by atoms with Crippen LogP contribution in [-0.2, 0) is 4.79 Å². The van der Waals surface area contributed by atoms with Crippen molar-refractivity contribution in [2.75, 3.05) is 6.61 Å². The normalized spacial score (nSPS) is 21.2. The van der Waals surface area contributed by atoms with E-state index in [0.717, 1.165) is 0 Å². The van der Waals surface area contributed by atoms with Crippen LogP contribution in [0.2, 0.25) is 1.41 Å². The van der Waals surface area contributed by atoms with Crippen molar-refractivity contribution < 1.29 is 31.7 Å². The van der Waals surface area contributed by atoms with Crippen LogP contribution in [0.5, 0.6) is 0 Å². The fraction of sp³-hybridized carbons (Fsp3) is 0.833. The Bertz CT molecular complexity index is 191. The summed E-state index contributed by atoms with van der Waals surface area (Å²) in [5, 5.41) is 44.3. The molecule has 0 aliphatic heterocycles. The highest BCUT2D eigenvalue weighted by atomic mass is 16.4. The molecule has 7 N–H and O–H groups in total. The van der Waals surface area contributed by atoms with Gasteiger partial charge in [0.1, 0.15) is 18.3 Å². The van der Waals surface area contributed by atoms with Gasteiger partial charge < -0.3 is 31.3 Å². The van der Waals surface area contributed by atoms with Gasteiger partial charge in [-0.3, -0.25) is 4.79 Å². The Hall–Kier alpha value is -0.730. The van der Waals surface area contributed by atoms with Crippen molar-refractivity contribution in [3.8, 4) is 0 Å². The van der Waals surface area contributed by atoms with E-state index >= 15 is 0 Å². The van der Waals surface area contributed by atoms with Gasteiger partial charge in [0.2, 0.25) is 5.91 Å². The van der Waals surface area contributed by atoms with Crippen LogP contribution in [0.25, 0.3) is 0 Å². The highest BCUT2D eigenvalue weighted by Gasteiger charge is 2.32. The second kappa shape index (κ2) is 5.10. The van der Waals surface area contributed by atoms with Gasteiger partial charge in [0.25, 0.3) is 0 Å². The van der Waals surface area contributed by atoms with E-state index in [4.69, 9.17) is 26.9 Å². The number of hydrogen-bond acceptors (Lipinski definition) is 6. The number of hydrogen-bond donors (Lipinski definition) is 6. The van der Waals surface area contributed by atoms with E-state index in [1.807, 2.05) is 0 Å². The molecule has 0 bridgehead atoms. The lowest BCUT2D eigenvalue weighted by Gasteiger charge is -2.23. The van der Waals surface area contributed by atoms with E-state index in [1.54, 1.807) is 0 Å². The summed E-state index contributed by atoms with van der Waals surface area (Å²) >= 11 is 0. The van der Waals surface area contributed by atoms with Gasteiger partial charge in [-0.2, -0.15) is 0 Å². The number of aliphatic hydroxyl groups excluding tert-OH is 5. The maximum absolute atomic E-state index is 10.6. The van der Waals surface area contributed by atoms with Crippen LogP contribution in [0.3, 0.4) is 0 Å². The van der Waals surface area contributed by atoms with E-state index < -0.39 is 36.9 Å². The predicted octanol–water partition coefficient (Wildman–Crippen LogP) is -4.09. The second-order valence-corrected chi connectivity index (χ2v) is 2.54. The maximum atomic E-state index is 10.6. The van der Waals surface area contributed by atoms with Gasteiger partial charge in [-0.15, -0.1) is 0 Å². The van der Waals surface area contributed by atoms with Crippen LogP contribution in [-0.4, -0.2) is 62.5 Å². The lowest BCUT2D eigenvalue weighted by Crippen LogP contribution is -2.50. The predicted molar refractivity (Wildman–Crippen MR) is 40.3 cm³/mol. The van der Waals surface area contributed by atoms with Crippen LogP contribution in [0.1, 0.15) is 0 Å². The molecule has 7 heteroatoms. The van der Waals surface area contributed by atoms with Crippen molar-refractivity contribution in [2.24, 2.45) is 5.73 Å². The monoisotopic (exact) mass is 196 g/mol. The highest BCUT2D eigenvalue weighted by Crippen LogP contribution is 2.04. The van der Waals surface area contributed by atoms with Gasteiger partial charge in [-0.25, -0.2) is 0 Å². The molecular weight excluding hydrogens is 182 g/mol. The summed E-state index contributed by atoms with van der Waals surface area (Å²) in [5.41, 5.74) is 1.30. The third-order valence-corrected chi connectivity index (χ3v) is 1.52. The number of aliphatic hydroxyl groups is 5. The van der Waals surface area contributed by atoms with Gasteiger partial charge in [0, 0.05) is 0 Å². The molecule has 7 nitrogen and oxygen atoms in total. The van der Waals surface area contributed by atoms with Crippen LogP contribution in [0, 0.1) is 0 Å². The lowest BCUT2D eigenvalue weighted by atomic mass is 10.0. The van der Waals surface area contributed by atoms with E-state index in [0.29, 0.717) is 0 Å². The Kier molecular flexibility index (Phi) is 4.06. The van der Waals surface area contributed by atoms with Crippen molar-refractivity contribution in [1.82, 2.24) is 0 Å². The minimum absolute atomic E-state index is 0.826. The largest absolute Gasteiger partial charge is 0.394 e. The molecule has 0 rings (SSSR count). The number of primary amides is 1. The summed E-state index contributed by atoms with van der Waals surface area (Å²) in [6.07, 6.45) is -7.54. The smallest absolute Gasteiger partial charge is 0.249 e. The molecule has 0 aliphatic carbocycles. The molecule has 0 aromatic heterocycles. The summed E-state index contributed by atoms with van der Waals surface area (Å²) in [5.74, 6) is -1.22. The molecule has 1 amide bonds. The zero-order valence-corrected chi connectivity index (χ0v) is 6.66. The molecule has 4 atom stereocenters. The maximum Gasteiger partial charge on any atom is 0.249 e. The first-order chi connectivity index (χ1) is 6.45. The Labute approximate surface area is 75.5 Å². The first-order valence-corrected chi connectivity index (χ1v) is 3.50. The van der Waals surface area contributed by atoms with Crippen LogP contribution in [0.4, 0.5) is 0 Å². The molecule has 0 aromatic rings. The molecule has 0 aromatic carbocycles. The van der Waals surface area contributed by atoms with Crippen LogP contribution < -0.4 is 5.73 Å². The van der Waals surface area contributed by atoms with Crippen LogP contribution >= 0.6 is 0 Å². The van der Waals surface area contributed by atoms with Crippen molar-refractivity contribution in [1.29, 1.82) is 0 Å². The van der Waals surface area contributed by atoms with Crippen molar-refractivity contribution in [3.05, 3.63) is 0 Å². The number of nitrogens with two attached hydrogens (primary N) is 1. The summed E-state index contributed by atoms with van der Waals surface area (Å²) in [4.78, 5) is 10.6. The molecule has 0 fully saturated rings. The molecule has 0 spiro atoms. The number of amides is 1. The summed E-state index contributed by atoms with van der Waals surface area (Å²) < 4.78 is 6.36. The highest BCUT2D eigenvalue weighted by molar-refractivity contribution is 5.79. The molecule has 78 valence electrons. The Morgan fingerprint density at radius 2 is 1.85 bits per heavy atom. The Balaban J connectivity index is 4.30. The van der Waals surface area contributed by atoms with E-state index in [1.165, 1.54) is 5.73 Å². The molecule has 0 unspecified atom stereocenters. The summed E-state index contributed by atoms with van der Waals surface area (Å²) in [7, 11) is 0. The minimum atomic E-state index is -2.04. The zero-order valence-electron chi connectivity index (χ0n) is 7.66. The van der Waals surface area contributed by atoms with E-state index in [2.05, 4.69) is 0 Å². The average molecular weight is 196 g/mol. The molecule has 0 saturated carbocycles. The Morgan fingerprint density at radius 1 is 1.31 bits per heavy atom. The number of rotatable bonds is 5. The Morgan fingerprint density at radius 3 is 2.23 bits per heavy atom. The topological polar surface area (TPSA) is 144 Å². The fourth-order valence-electron chi connectivity index (χ4n) is 0.677. The first kappa shape index (κ1) is 10.4. The van der Waals surface area contributed by atoms with Crippen molar-refractivity contribution in [2.45, 2.75) is 24.4 Å². The van der Waals surface area contributed by atoms with Crippen molar-refractivity contribution in [3.63, 3.8) is 0 Å². The zero-order chi connectivity index (χ0) is 11.3. The quantitative estimate of drug-likeness (QED) is 0.264. The van der Waals surface area contributed by atoms with Crippen molar-refractivity contribution >= 4 is 5.91 Å². The molecule has 13 heavy (non-hydrogen) atoms.